The lowest BCUT2D eigenvalue weighted by molar-refractivity contribution is 0.129. The fraction of sp³-hybridized carbons (Fsp3) is 0.350. The van der Waals surface area contributed by atoms with E-state index in [1.807, 2.05) is 18.2 Å². The number of nitriles is 1. The molecule has 0 aliphatic carbocycles. The maximum atomic E-state index is 9.19. The van der Waals surface area contributed by atoms with Crippen LogP contribution in [0.1, 0.15) is 23.5 Å². The highest BCUT2D eigenvalue weighted by Gasteiger charge is 2.29. The van der Waals surface area contributed by atoms with Gasteiger partial charge in [0.1, 0.15) is 11.8 Å². The summed E-state index contributed by atoms with van der Waals surface area (Å²) in [6, 6.07) is 20.4. The van der Waals surface area contributed by atoms with Crippen LogP contribution in [0.3, 0.4) is 0 Å². The molecule has 0 N–H and O–H groups in total. The smallest absolute Gasteiger partial charge is 0.137 e. The number of hydrogen-bond donors (Lipinski definition) is 0. The number of benzene rings is 2. The Morgan fingerprint density at radius 3 is 2.65 bits per heavy atom. The van der Waals surface area contributed by atoms with Crippen molar-refractivity contribution in [2.75, 3.05) is 26.7 Å². The number of ether oxygens (including phenoxy) is 1. The summed E-state index contributed by atoms with van der Waals surface area (Å²) in [4.78, 5) is 2.36. The molecule has 3 heteroatoms. The first kappa shape index (κ1) is 15.6. The van der Waals surface area contributed by atoms with Gasteiger partial charge in [0, 0.05) is 12.5 Å². The van der Waals surface area contributed by atoms with Gasteiger partial charge in [0.25, 0.3) is 0 Å². The normalized spacial score (nSPS) is 21.6. The second-order valence-corrected chi connectivity index (χ2v) is 6.25. The van der Waals surface area contributed by atoms with Crippen LogP contribution in [0.15, 0.2) is 54.6 Å². The van der Waals surface area contributed by atoms with E-state index >= 15 is 0 Å². The average Bonchev–Trinajstić information content (AvgIpc) is 2.61. The van der Waals surface area contributed by atoms with E-state index in [0.29, 0.717) is 29.8 Å². The number of rotatable bonds is 4. The summed E-state index contributed by atoms with van der Waals surface area (Å²) in [6.45, 7) is 2.78. The van der Waals surface area contributed by atoms with Crippen LogP contribution >= 0.6 is 0 Å². The molecule has 2 atom stereocenters. The van der Waals surface area contributed by atoms with Crippen molar-refractivity contribution in [3.63, 3.8) is 0 Å². The van der Waals surface area contributed by atoms with Gasteiger partial charge in [-0.05, 0) is 43.6 Å². The van der Waals surface area contributed by atoms with Crippen LogP contribution in [0.2, 0.25) is 0 Å². The number of para-hydroxylation sites is 1. The Bertz CT molecular complexity index is 678. The lowest BCUT2D eigenvalue weighted by Gasteiger charge is -2.37. The van der Waals surface area contributed by atoms with Gasteiger partial charge in [0.15, 0.2) is 0 Å². The zero-order valence-corrected chi connectivity index (χ0v) is 13.5. The third kappa shape index (κ3) is 3.72. The second kappa shape index (κ2) is 7.30. The van der Waals surface area contributed by atoms with Gasteiger partial charge in [-0.15, -0.1) is 0 Å². The Hall–Kier alpha value is -2.31. The summed E-state index contributed by atoms with van der Waals surface area (Å²) in [7, 11) is 2.16. The molecule has 0 amide bonds. The minimum atomic E-state index is 0.433. The summed E-state index contributed by atoms with van der Waals surface area (Å²) in [5.41, 5.74) is 2.00. The molecule has 1 saturated heterocycles. The van der Waals surface area contributed by atoms with E-state index in [-0.39, 0.29) is 0 Å². The zero-order chi connectivity index (χ0) is 16.1. The van der Waals surface area contributed by atoms with E-state index < -0.39 is 0 Å². The average molecular weight is 306 g/mol. The molecule has 1 heterocycles. The third-order valence-electron chi connectivity index (χ3n) is 4.63. The third-order valence-corrected chi connectivity index (χ3v) is 4.63. The molecule has 0 saturated carbocycles. The lowest BCUT2D eigenvalue weighted by Crippen LogP contribution is -2.39. The Kier molecular flexibility index (Phi) is 4.95. The predicted molar refractivity (Wildman–Crippen MR) is 91.4 cm³/mol. The summed E-state index contributed by atoms with van der Waals surface area (Å²) < 4.78 is 6.02. The van der Waals surface area contributed by atoms with Crippen molar-refractivity contribution in [3.8, 4) is 11.8 Å². The molecule has 1 aliphatic rings. The van der Waals surface area contributed by atoms with Crippen molar-refractivity contribution >= 4 is 0 Å². The summed E-state index contributed by atoms with van der Waals surface area (Å²) in [6.07, 6.45) is 1.15. The molecule has 2 aromatic rings. The van der Waals surface area contributed by atoms with E-state index in [4.69, 9.17) is 4.74 Å². The lowest BCUT2D eigenvalue weighted by atomic mass is 9.81. The number of hydrogen-bond acceptors (Lipinski definition) is 3. The molecule has 0 unspecified atom stereocenters. The highest BCUT2D eigenvalue weighted by Crippen LogP contribution is 2.33. The molecule has 23 heavy (non-hydrogen) atoms. The number of likely N-dealkylation sites (tertiary alicyclic amines) is 1. The van der Waals surface area contributed by atoms with Crippen LogP contribution < -0.4 is 4.74 Å². The summed E-state index contributed by atoms with van der Waals surface area (Å²) >= 11 is 0. The van der Waals surface area contributed by atoms with Gasteiger partial charge < -0.3 is 9.64 Å². The van der Waals surface area contributed by atoms with Crippen molar-refractivity contribution in [1.82, 2.24) is 4.90 Å². The monoisotopic (exact) mass is 306 g/mol. The quantitative estimate of drug-likeness (QED) is 0.864. The molecule has 1 fully saturated rings. The molecule has 2 aromatic carbocycles. The molecule has 0 spiro atoms. The van der Waals surface area contributed by atoms with E-state index in [0.717, 1.165) is 19.5 Å². The van der Waals surface area contributed by atoms with Crippen LogP contribution in [0, 0.1) is 17.2 Å². The van der Waals surface area contributed by atoms with Crippen molar-refractivity contribution in [2.24, 2.45) is 5.92 Å². The van der Waals surface area contributed by atoms with Crippen molar-refractivity contribution in [3.05, 3.63) is 65.7 Å². The predicted octanol–water partition coefficient (Wildman–Crippen LogP) is 3.67. The fourth-order valence-corrected chi connectivity index (χ4v) is 3.40. The minimum absolute atomic E-state index is 0.433. The second-order valence-electron chi connectivity index (χ2n) is 6.25. The van der Waals surface area contributed by atoms with Crippen LogP contribution in [0.5, 0.6) is 5.75 Å². The van der Waals surface area contributed by atoms with Crippen LogP contribution in [0.25, 0.3) is 0 Å². The summed E-state index contributed by atoms with van der Waals surface area (Å²) in [5.74, 6) is 1.64. The Morgan fingerprint density at radius 2 is 1.87 bits per heavy atom. The van der Waals surface area contributed by atoms with Gasteiger partial charge in [-0.25, -0.2) is 0 Å². The Labute approximate surface area is 138 Å². The number of nitrogens with zero attached hydrogens (tertiary/aromatic N) is 2. The molecule has 118 valence electrons. The molecule has 0 bridgehead atoms. The van der Waals surface area contributed by atoms with Crippen molar-refractivity contribution < 1.29 is 4.74 Å². The maximum Gasteiger partial charge on any atom is 0.137 e. The van der Waals surface area contributed by atoms with Gasteiger partial charge in [-0.2, -0.15) is 5.26 Å². The van der Waals surface area contributed by atoms with Crippen LogP contribution in [-0.4, -0.2) is 31.6 Å². The largest absolute Gasteiger partial charge is 0.492 e. The van der Waals surface area contributed by atoms with Crippen LogP contribution in [0.4, 0.5) is 0 Å². The highest BCUT2D eigenvalue weighted by molar-refractivity contribution is 5.42. The first-order chi connectivity index (χ1) is 11.3. The van der Waals surface area contributed by atoms with Crippen molar-refractivity contribution in [1.29, 1.82) is 5.26 Å². The molecule has 0 aromatic heterocycles. The molecule has 3 nitrogen and oxygen atoms in total. The fourth-order valence-electron chi connectivity index (χ4n) is 3.40. The highest BCUT2D eigenvalue weighted by atomic mass is 16.5. The Balaban J connectivity index is 1.74. The molecular weight excluding hydrogens is 284 g/mol. The summed E-state index contributed by atoms with van der Waals surface area (Å²) in [5, 5.41) is 9.19. The first-order valence-corrected chi connectivity index (χ1v) is 8.13. The van der Waals surface area contributed by atoms with Gasteiger partial charge in [0.2, 0.25) is 0 Å². The number of piperidine rings is 1. The minimum Gasteiger partial charge on any atom is -0.492 e. The maximum absolute atomic E-state index is 9.19. The molecule has 0 radical (unpaired) electrons. The first-order valence-electron chi connectivity index (χ1n) is 8.13. The zero-order valence-electron chi connectivity index (χ0n) is 13.5. The van der Waals surface area contributed by atoms with E-state index in [1.165, 1.54) is 5.56 Å². The van der Waals surface area contributed by atoms with Gasteiger partial charge >= 0.3 is 0 Å². The van der Waals surface area contributed by atoms with Gasteiger partial charge in [-0.1, -0.05) is 42.5 Å². The van der Waals surface area contributed by atoms with E-state index in [1.54, 1.807) is 6.07 Å². The molecule has 3 rings (SSSR count). The van der Waals surface area contributed by atoms with Crippen molar-refractivity contribution in [2.45, 2.75) is 12.3 Å². The topological polar surface area (TPSA) is 36.3 Å². The van der Waals surface area contributed by atoms with E-state index in [9.17, 15) is 5.26 Å². The van der Waals surface area contributed by atoms with Crippen LogP contribution in [-0.2, 0) is 0 Å². The van der Waals surface area contributed by atoms with Gasteiger partial charge in [-0.3, -0.25) is 0 Å². The molecule has 1 aliphatic heterocycles. The molecular formula is C20H22N2O. The standard InChI is InChI=1S/C20H22N2O/c1-22-12-11-19(16-7-3-2-4-8-16)18(14-22)15-23-20-10-6-5-9-17(20)13-21/h2-10,18-19H,11-12,14-15H2,1H3/t18-,19-/m0/s1. The van der Waals surface area contributed by atoms with E-state index in [2.05, 4.69) is 48.3 Å². The Morgan fingerprint density at radius 1 is 1.13 bits per heavy atom. The van der Waals surface area contributed by atoms with Gasteiger partial charge in [0.05, 0.1) is 12.2 Å². The SMILES string of the molecule is CN1CC[C@@H](c2ccccc2)[C@H](COc2ccccc2C#N)C1.